The first-order chi connectivity index (χ1) is 9.44. The number of nitrogens with zero attached hydrogens (tertiary/aromatic N) is 1. The lowest BCUT2D eigenvalue weighted by molar-refractivity contribution is -0.0913. The van der Waals surface area contributed by atoms with E-state index < -0.39 is 5.54 Å². The standard InChI is InChI=1S/C15H20FNO3/c1-4-19-14(18)17-9-13(20-10-15(17,2)3)11-5-7-12(16)8-6-11/h5-8,13H,4,9-10H2,1-3H3. The lowest BCUT2D eigenvalue weighted by Crippen LogP contribution is -2.56. The van der Waals surface area contributed by atoms with Gasteiger partial charge in [-0.05, 0) is 38.5 Å². The van der Waals surface area contributed by atoms with E-state index >= 15 is 0 Å². The highest BCUT2D eigenvalue weighted by molar-refractivity contribution is 5.69. The normalized spacial score (nSPS) is 21.6. The monoisotopic (exact) mass is 281 g/mol. The van der Waals surface area contributed by atoms with Gasteiger partial charge in [0.05, 0.1) is 25.3 Å². The van der Waals surface area contributed by atoms with Crippen LogP contribution in [0, 0.1) is 5.82 Å². The van der Waals surface area contributed by atoms with Gasteiger partial charge < -0.3 is 9.47 Å². The summed E-state index contributed by atoms with van der Waals surface area (Å²) in [5, 5.41) is 0. The molecule has 1 aliphatic rings. The van der Waals surface area contributed by atoms with Gasteiger partial charge in [0.25, 0.3) is 0 Å². The van der Waals surface area contributed by atoms with Crippen molar-refractivity contribution in [1.82, 2.24) is 4.90 Å². The maximum absolute atomic E-state index is 13.0. The smallest absolute Gasteiger partial charge is 0.410 e. The maximum Gasteiger partial charge on any atom is 0.410 e. The Kier molecular flexibility index (Phi) is 4.28. The molecule has 0 saturated carbocycles. The van der Waals surface area contributed by atoms with Crippen molar-refractivity contribution in [3.05, 3.63) is 35.6 Å². The molecule has 0 aromatic heterocycles. The Hall–Kier alpha value is -1.62. The Morgan fingerprint density at radius 2 is 2.10 bits per heavy atom. The lowest BCUT2D eigenvalue weighted by Gasteiger charge is -2.44. The number of hydrogen-bond donors (Lipinski definition) is 0. The summed E-state index contributed by atoms with van der Waals surface area (Å²) >= 11 is 0. The van der Waals surface area contributed by atoms with Crippen molar-refractivity contribution in [3.8, 4) is 0 Å². The van der Waals surface area contributed by atoms with E-state index in [0.29, 0.717) is 19.8 Å². The van der Waals surface area contributed by atoms with Gasteiger partial charge in [0.15, 0.2) is 0 Å². The number of carbonyl (C=O) groups excluding carboxylic acids is 1. The third-order valence-corrected chi connectivity index (χ3v) is 3.45. The first kappa shape index (κ1) is 14.8. The molecule has 1 atom stereocenters. The lowest BCUT2D eigenvalue weighted by atomic mass is 9.99. The minimum absolute atomic E-state index is 0.256. The highest BCUT2D eigenvalue weighted by Crippen LogP contribution is 2.30. The molecule has 5 heteroatoms. The van der Waals surface area contributed by atoms with E-state index in [9.17, 15) is 9.18 Å². The summed E-state index contributed by atoms with van der Waals surface area (Å²) in [7, 11) is 0. The number of benzene rings is 1. The number of carbonyl (C=O) groups is 1. The van der Waals surface area contributed by atoms with Crippen LogP contribution < -0.4 is 0 Å². The fourth-order valence-electron chi connectivity index (χ4n) is 2.25. The molecule has 1 amide bonds. The Balaban J connectivity index is 2.15. The topological polar surface area (TPSA) is 38.8 Å². The zero-order valence-corrected chi connectivity index (χ0v) is 12.1. The highest BCUT2D eigenvalue weighted by atomic mass is 19.1. The fourth-order valence-corrected chi connectivity index (χ4v) is 2.25. The van der Waals surface area contributed by atoms with Crippen molar-refractivity contribution < 1.29 is 18.7 Å². The number of rotatable bonds is 2. The van der Waals surface area contributed by atoms with Crippen LogP contribution in [0.2, 0.25) is 0 Å². The van der Waals surface area contributed by atoms with Crippen LogP contribution in [0.3, 0.4) is 0 Å². The molecule has 1 aromatic rings. The van der Waals surface area contributed by atoms with E-state index in [-0.39, 0.29) is 18.0 Å². The second-order valence-corrected chi connectivity index (χ2v) is 5.47. The second-order valence-electron chi connectivity index (χ2n) is 5.47. The van der Waals surface area contributed by atoms with Crippen molar-refractivity contribution in [3.63, 3.8) is 0 Å². The largest absolute Gasteiger partial charge is 0.450 e. The summed E-state index contributed by atoms with van der Waals surface area (Å²) in [6.45, 7) is 6.80. The minimum atomic E-state index is -0.414. The van der Waals surface area contributed by atoms with Crippen molar-refractivity contribution in [2.45, 2.75) is 32.4 Å². The number of hydrogen-bond acceptors (Lipinski definition) is 3. The summed E-state index contributed by atoms with van der Waals surface area (Å²) < 4.78 is 23.9. The maximum atomic E-state index is 13.0. The SMILES string of the molecule is CCOC(=O)N1CC(c2ccc(F)cc2)OCC1(C)C. The van der Waals surface area contributed by atoms with Crippen LogP contribution in [0.25, 0.3) is 0 Å². The van der Waals surface area contributed by atoms with Crippen LogP contribution in [-0.2, 0) is 9.47 Å². The molecule has 0 spiro atoms. The summed E-state index contributed by atoms with van der Waals surface area (Å²) in [6, 6.07) is 6.16. The van der Waals surface area contributed by atoms with Gasteiger partial charge in [0.2, 0.25) is 0 Å². The van der Waals surface area contributed by atoms with E-state index in [1.807, 2.05) is 13.8 Å². The number of halogens is 1. The minimum Gasteiger partial charge on any atom is -0.450 e. The van der Waals surface area contributed by atoms with Crippen LogP contribution >= 0.6 is 0 Å². The first-order valence-electron chi connectivity index (χ1n) is 6.75. The molecular weight excluding hydrogens is 261 g/mol. The molecule has 1 aliphatic heterocycles. The summed E-state index contributed by atoms with van der Waals surface area (Å²) in [6.07, 6.45) is -0.596. The van der Waals surface area contributed by atoms with Crippen molar-refractivity contribution in [1.29, 1.82) is 0 Å². The molecule has 0 bridgehead atoms. The third-order valence-electron chi connectivity index (χ3n) is 3.45. The summed E-state index contributed by atoms with van der Waals surface area (Å²) in [4.78, 5) is 13.7. The molecule has 1 heterocycles. The Bertz CT molecular complexity index is 473. The Morgan fingerprint density at radius 3 is 2.70 bits per heavy atom. The molecule has 4 nitrogen and oxygen atoms in total. The average Bonchev–Trinajstić information content (AvgIpc) is 2.40. The molecule has 0 radical (unpaired) electrons. The third kappa shape index (κ3) is 3.10. The van der Waals surface area contributed by atoms with Gasteiger partial charge in [0, 0.05) is 0 Å². The zero-order chi connectivity index (χ0) is 14.8. The van der Waals surface area contributed by atoms with Crippen LogP contribution in [0.4, 0.5) is 9.18 Å². The number of amides is 1. The van der Waals surface area contributed by atoms with Gasteiger partial charge >= 0.3 is 6.09 Å². The molecule has 110 valence electrons. The summed E-state index contributed by atoms with van der Waals surface area (Å²) in [5.41, 5.74) is 0.444. The van der Waals surface area contributed by atoms with Crippen LogP contribution in [0.1, 0.15) is 32.4 Å². The van der Waals surface area contributed by atoms with E-state index in [4.69, 9.17) is 9.47 Å². The van der Waals surface area contributed by atoms with E-state index in [2.05, 4.69) is 0 Å². The Morgan fingerprint density at radius 1 is 1.45 bits per heavy atom. The molecule has 1 saturated heterocycles. The van der Waals surface area contributed by atoms with Gasteiger partial charge in [-0.1, -0.05) is 12.1 Å². The van der Waals surface area contributed by atoms with Gasteiger partial charge in [0.1, 0.15) is 11.9 Å². The second kappa shape index (κ2) is 5.79. The quantitative estimate of drug-likeness (QED) is 0.836. The molecule has 1 aromatic carbocycles. The number of ether oxygens (including phenoxy) is 2. The van der Waals surface area contributed by atoms with Gasteiger partial charge in [-0.2, -0.15) is 0 Å². The first-order valence-corrected chi connectivity index (χ1v) is 6.75. The van der Waals surface area contributed by atoms with Gasteiger partial charge in [-0.25, -0.2) is 9.18 Å². The van der Waals surface area contributed by atoms with Gasteiger partial charge in [-0.15, -0.1) is 0 Å². The van der Waals surface area contributed by atoms with E-state index in [1.54, 1.807) is 24.0 Å². The van der Waals surface area contributed by atoms with E-state index in [0.717, 1.165) is 5.56 Å². The van der Waals surface area contributed by atoms with Crippen molar-refractivity contribution in [2.24, 2.45) is 0 Å². The molecule has 1 unspecified atom stereocenters. The predicted molar refractivity (Wildman–Crippen MR) is 72.9 cm³/mol. The molecular formula is C15H20FNO3. The van der Waals surface area contributed by atoms with Crippen LogP contribution in [0.15, 0.2) is 24.3 Å². The average molecular weight is 281 g/mol. The fraction of sp³-hybridized carbons (Fsp3) is 0.533. The van der Waals surface area contributed by atoms with Crippen molar-refractivity contribution >= 4 is 6.09 Å². The molecule has 20 heavy (non-hydrogen) atoms. The Labute approximate surface area is 118 Å². The van der Waals surface area contributed by atoms with Gasteiger partial charge in [-0.3, -0.25) is 4.90 Å². The predicted octanol–water partition coefficient (Wildman–Crippen LogP) is 3.13. The number of morpholine rings is 1. The molecule has 1 fully saturated rings. The van der Waals surface area contributed by atoms with Crippen LogP contribution in [-0.4, -0.2) is 36.3 Å². The molecule has 2 rings (SSSR count). The molecule has 0 N–H and O–H groups in total. The van der Waals surface area contributed by atoms with E-state index in [1.165, 1.54) is 12.1 Å². The van der Waals surface area contributed by atoms with Crippen LogP contribution in [0.5, 0.6) is 0 Å². The van der Waals surface area contributed by atoms with Crippen molar-refractivity contribution in [2.75, 3.05) is 19.8 Å². The highest BCUT2D eigenvalue weighted by Gasteiger charge is 2.39. The zero-order valence-electron chi connectivity index (χ0n) is 12.1. The summed E-state index contributed by atoms with van der Waals surface area (Å²) in [5.74, 6) is -0.285. The molecule has 0 aliphatic carbocycles.